The topological polar surface area (TPSA) is 83.5 Å². The molecule has 9 heteroatoms. The van der Waals surface area contributed by atoms with Crippen LogP contribution in [0.25, 0.3) is 11.3 Å². The molecule has 0 atom stereocenters. The first-order valence-corrected chi connectivity index (χ1v) is 8.60. The minimum atomic E-state index is -0.197. The van der Waals surface area contributed by atoms with Gasteiger partial charge in [-0.3, -0.25) is 9.13 Å². The third-order valence-corrected chi connectivity index (χ3v) is 4.68. The lowest BCUT2D eigenvalue weighted by atomic mass is 10.1. The highest BCUT2D eigenvalue weighted by Crippen LogP contribution is 2.31. The van der Waals surface area contributed by atoms with Crippen LogP contribution in [0.5, 0.6) is 11.5 Å². The van der Waals surface area contributed by atoms with Crippen LogP contribution in [0.4, 0.5) is 5.13 Å². The molecule has 2 heterocycles. The maximum absolute atomic E-state index is 12.6. The third kappa shape index (κ3) is 3.25. The molecule has 0 radical (unpaired) electrons. The molecular formula is C17H19N5O3S. The van der Waals surface area contributed by atoms with Gasteiger partial charge < -0.3 is 9.47 Å². The molecule has 0 spiro atoms. The van der Waals surface area contributed by atoms with E-state index in [1.807, 2.05) is 25.1 Å². The molecule has 3 aromatic rings. The molecule has 136 valence electrons. The second-order valence-electron chi connectivity index (χ2n) is 5.57. The van der Waals surface area contributed by atoms with Crippen molar-refractivity contribution in [1.29, 1.82) is 0 Å². The summed E-state index contributed by atoms with van der Waals surface area (Å²) < 4.78 is 13.7. The molecule has 26 heavy (non-hydrogen) atoms. The monoisotopic (exact) mass is 373 g/mol. The van der Waals surface area contributed by atoms with Gasteiger partial charge in [0.2, 0.25) is 5.13 Å². The lowest BCUT2D eigenvalue weighted by Gasteiger charge is -2.13. The van der Waals surface area contributed by atoms with Crippen LogP contribution in [0.3, 0.4) is 0 Å². The highest BCUT2D eigenvalue weighted by Gasteiger charge is 2.11. The first-order chi connectivity index (χ1) is 12.4. The van der Waals surface area contributed by atoms with Crippen molar-refractivity contribution in [2.24, 2.45) is 19.1 Å². The average molecular weight is 373 g/mol. The van der Waals surface area contributed by atoms with E-state index in [2.05, 4.69) is 15.2 Å². The summed E-state index contributed by atoms with van der Waals surface area (Å²) in [6, 6.07) is 7.33. The van der Waals surface area contributed by atoms with Gasteiger partial charge in [-0.25, -0.2) is 4.79 Å². The van der Waals surface area contributed by atoms with E-state index < -0.39 is 0 Å². The van der Waals surface area contributed by atoms with Gasteiger partial charge in [-0.1, -0.05) is 11.3 Å². The molecular weight excluding hydrogens is 354 g/mol. The lowest BCUT2D eigenvalue weighted by molar-refractivity contribution is 0.355. The first kappa shape index (κ1) is 17.9. The summed E-state index contributed by atoms with van der Waals surface area (Å²) in [6.45, 7) is 1.86. The van der Waals surface area contributed by atoms with Crippen LogP contribution in [-0.2, 0) is 14.1 Å². The molecule has 0 N–H and O–H groups in total. The van der Waals surface area contributed by atoms with Crippen molar-refractivity contribution in [3.05, 3.63) is 45.2 Å². The normalized spacial score (nSPS) is 11.7. The van der Waals surface area contributed by atoms with Crippen LogP contribution >= 0.6 is 11.3 Å². The number of hydrogen-bond acceptors (Lipinski definition) is 7. The zero-order valence-electron chi connectivity index (χ0n) is 15.2. The Morgan fingerprint density at radius 3 is 2.38 bits per heavy atom. The van der Waals surface area contributed by atoms with Gasteiger partial charge in [0, 0.05) is 25.7 Å². The minimum Gasteiger partial charge on any atom is -0.493 e. The molecule has 0 unspecified atom stereocenters. The summed E-state index contributed by atoms with van der Waals surface area (Å²) >= 11 is 1.37. The van der Waals surface area contributed by atoms with Crippen LogP contribution in [0, 0.1) is 6.92 Å². The minimum absolute atomic E-state index is 0.197. The molecule has 3 rings (SSSR count). The van der Waals surface area contributed by atoms with E-state index in [-0.39, 0.29) is 5.69 Å². The standard InChI is InChI=1S/C17H19N5O3S/c1-10-19-20-16(26-10)18-15-9-12(21(2)17(23)22(15)3)11-6-7-13(24-4)14(8-11)25-5/h6-9H,1-5H3/b18-15-. The van der Waals surface area contributed by atoms with Crippen LogP contribution in [0.2, 0.25) is 0 Å². The molecule has 0 amide bonds. The molecule has 2 aromatic heterocycles. The number of hydrogen-bond donors (Lipinski definition) is 0. The summed E-state index contributed by atoms with van der Waals surface area (Å²) in [5, 5.41) is 9.28. The summed E-state index contributed by atoms with van der Waals surface area (Å²) in [5.41, 5.74) is 1.81. The van der Waals surface area contributed by atoms with Crippen molar-refractivity contribution in [3.63, 3.8) is 0 Å². The fourth-order valence-electron chi connectivity index (χ4n) is 2.55. The molecule has 0 aliphatic heterocycles. The van der Waals surface area contributed by atoms with Crippen molar-refractivity contribution in [1.82, 2.24) is 19.3 Å². The van der Waals surface area contributed by atoms with Gasteiger partial charge in [0.1, 0.15) is 10.5 Å². The second-order valence-corrected chi connectivity index (χ2v) is 6.73. The second kappa shape index (κ2) is 7.12. The molecule has 0 fully saturated rings. The van der Waals surface area contributed by atoms with Gasteiger partial charge in [-0.15, -0.1) is 10.2 Å². The van der Waals surface area contributed by atoms with E-state index in [1.54, 1.807) is 38.9 Å². The van der Waals surface area contributed by atoms with Gasteiger partial charge in [0.25, 0.3) is 0 Å². The molecule has 0 aliphatic rings. The number of aromatic nitrogens is 4. The Labute approximate surface area is 154 Å². The van der Waals surface area contributed by atoms with Gasteiger partial charge >= 0.3 is 5.69 Å². The SMILES string of the molecule is COc1ccc(-c2c/c(=N/c3nnc(C)s3)n(C)c(=O)n2C)cc1OC. The van der Waals surface area contributed by atoms with Crippen LogP contribution in [0.15, 0.2) is 34.1 Å². The first-order valence-electron chi connectivity index (χ1n) is 7.79. The van der Waals surface area contributed by atoms with Crippen LogP contribution in [0.1, 0.15) is 5.01 Å². The molecule has 0 saturated carbocycles. The highest BCUT2D eigenvalue weighted by atomic mass is 32.1. The number of rotatable bonds is 4. The Bertz CT molecular complexity index is 1080. The summed E-state index contributed by atoms with van der Waals surface area (Å²) in [7, 11) is 6.54. The Kier molecular flexibility index (Phi) is 4.90. The Morgan fingerprint density at radius 1 is 1.04 bits per heavy atom. The van der Waals surface area contributed by atoms with E-state index >= 15 is 0 Å². The largest absolute Gasteiger partial charge is 0.493 e. The van der Waals surface area contributed by atoms with E-state index in [0.29, 0.717) is 27.8 Å². The quantitative estimate of drug-likeness (QED) is 0.696. The Morgan fingerprint density at radius 2 is 1.77 bits per heavy atom. The molecule has 0 bridgehead atoms. The van der Waals surface area contributed by atoms with Gasteiger partial charge in [0.15, 0.2) is 11.5 Å². The number of benzene rings is 1. The number of aryl methyl sites for hydroxylation is 1. The summed E-state index contributed by atoms with van der Waals surface area (Å²) in [6.07, 6.45) is 0. The van der Waals surface area contributed by atoms with E-state index in [0.717, 1.165) is 10.6 Å². The van der Waals surface area contributed by atoms with E-state index in [4.69, 9.17) is 9.47 Å². The smallest absolute Gasteiger partial charge is 0.329 e. The summed E-state index contributed by atoms with van der Waals surface area (Å²) in [5.74, 6) is 1.21. The molecule has 0 saturated heterocycles. The number of nitrogens with zero attached hydrogens (tertiary/aromatic N) is 5. The van der Waals surface area contributed by atoms with Crippen molar-refractivity contribution in [2.45, 2.75) is 6.92 Å². The van der Waals surface area contributed by atoms with Crippen molar-refractivity contribution in [3.8, 4) is 22.8 Å². The predicted octanol–water partition coefficient (Wildman–Crippen LogP) is 1.80. The van der Waals surface area contributed by atoms with Gasteiger partial charge in [0.05, 0.1) is 19.9 Å². The fourth-order valence-corrected chi connectivity index (χ4v) is 3.12. The third-order valence-electron chi connectivity index (χ3n) is 3.95. The Balaban J connectivity index is 2.23. The van der Waals surface area contributed by atoms with Gasteiger partial charge in [-0.2, -0.15) is 4.99 Å². The average Bonchev–Trinajstić information content (AvgIpc) is 3.06. The molecule has 0 aliphatic carbocycles. The Hall–Kier alpha value is -2.94. The zero-order chi connectivity index (χ0) is 18.8. The lowest BCUT2D eigenvalue weighted by Crippen LogP contribution is -2.37. The van der Waals surface area contributed by atoms with Crippen molar-refractivity contribution < 1.29 is 9.47 Å². The van der Waals surface area contributed by atoms with Crippen molar-refractivity contribution in [2.75, 3.05) is 14.2 Å². The van der Waals surface area contributed by atoms with Crippen molar-refractivity contribution >= 4 is 16.5 Å². The van der Waals surface area contributed by atoms with E-state index in [1.165, 1.54) is 15.9 Å². The van der Waals surface area contributed by atoms with E-state index in [9.17, 15) is 4.79 Å². The highest BCUT2D eigenvalue weighted by molar-refractivity contribution is 7.14. The molecule has 1 aromatic carbocycles. The number of ether oxygens (including phenoxy) is 2. The van der Waals surface area contributed by atoms with Gasteiger partial charge in [-0.05, 0) is 25.1 Å². The summed E-state index contributed by atoms with van der Waals surface area (Å²) in [4.78, 5) is 17.1. The maximum atomic E-state index is 12.6. The number of methoxy groups -OCH3 is 2. The molecule has 8 nitrogen and oxygen atoms in total. The van der Waals surface area contributed by atoms with Crippen LogP contribution in [-0.4, -0.2) is 33.6 Å². The van der Waals surface area contributed by atoms with Crippen LogP contribution < -0.4 is 20.7 Å². The fraction of sp³-hybridized carbons (Fsp3) is 0.294. The predicted molar refractivity (Wildman–Crippen MR) is 99.1 cm³/mol. The zero-order valence-corrected chi connectivity index (χ0v) is 16.0. The maximum Gasteiger partial charge on any atom is 0.329 e.